The van der Waals surface area contributed by atoms with Crippen molar-refractivity contribution in [3.05, 3.63) is 96.1 Å². The number of nitrogens with zero attached hydrogens (tertiary/aromatic N) is 2. The lowest BCUT2D eigenvalue weighted by atomic mass is 10.1. The van der Waals surface area contributed by atoms with Crippen LogP contribution in [0.15, 0.2) is 89.8 Å². The van der Waals surface area contributed by atoms with Gasteiger partial charge in [-0.25, -0.2) is 8.42 Å². The van der Waals surface area contributed by atoms with Gasteiger partial charge in [0, 0.05) is 26.2 Å². The summed E-state index contributed by atoms with van der Waals surface area (Å²) in [4.78, 5) is 27.9. The predicted molar refractivity (Wildman–Crippen MR) is 151 cm³/mol. The number of ether oxygens (including phenoxy) is 2. The third-order valence-electron chi connectivity index (χ3n) is 6.71. The Morgan fingerprint density at radius 3 is 2.15 bits per heavy atom. The third-order valence-corrected chi connectivity index (χ3v) is 8.63. The maximum Gasteiger partial charge on any atom is 0.261 e. The molecule has 1 heterocycles. The van der Waals surface area contributed by atoms with Crippen LogP contribution in [-0.2, 0) is 37.3 Å². The van der Waals surface area contributed by atoms with E-state index < -0.39 is 16.1 Å². The molecule has 1 fully saturated rings. The monoisotopic (exact) mass is 565 g/mol. The number of rotatable bonds is 12. The van der Waals surface area contributed by atoms with Crippen LogP contribution in [0.4, 0.5) is 0 Å². The SMILES string of the molecule is C[C@H](C(=O)NCCc1ccccc1)N(Cc1ccccc1)C(=O)COc1ccc(S(=O)(=O)N2CCOCC2)cc1. The van der Waals surface area contributed by atoms with Gasteiger partial charge in [-0.15, -0.1) is 0 Å². The van der Waals surface area contributed by atoms with Crippen LogP contribution < -0.4 is 10.1 Å². The maximum absolute atomic E-state index is 13.3. The highest BCUT2D eigenvalue weighted by Crippen LogP contribution is 2.21. The molecule has 1 aliphatic heterocycles. The highest BCUT2D eigenvalue weighted by molar-refractivity contribution is 7.89. The van der Waals surface area contributed by atoms with Gasteiger partial charge in [-0.05, 0) is 48.7 Å². The zero-order chi connectivity index (χ0) is 28.4. The second-order valence-electron chi connectivity index (χ2n) is 9.49. The summed E-state index contributed by atoms with van der Waals surface area (Å²) in [6.07, 6.45) is 0.687. The molecule has 3 aromatic carbocycles. The van der Waals surface area contributed by atoms with E-state index in [4.69, 9.17) is 9.47 Å². The molecule has 0 radical (unpaired) electrons. The summed E-state index contributed by atoms with van der Waals surface area (Å²) < 4.78 is 38.1. The molecule has 212 valence electrons. The number of carbonyl (C=O) groups is 2. The molecular weight excluding hydrogens is 530 g/mol. The van der Waals surface area contributed by atoms with E-state index in [-0.39, 0.29) is 29.9 Å². The quantitative estimate of drug-likeness (QED) is 0.362. The molecule has 1 atom stereocenters. The van der Waals surface area contributed by atoms with Gasteiger partial charge in [-0.1, -0.05) is 60.7 Å². The summed E-state index contributed by atoms with van der Waals surface area (Å²) >= 11 is 0. The van der Waals surface area contributed by atoms with E-state index >= 15 is 0 Å². The summed E-state index contributed by atoms with van der Waals surface area (Å²) in [6, 6.07) is 24.6. The van der Waals surface area contributed by atoms with Crippen LogP contribution in [0, 0.1) is 0 Å². The number of benzene rings is 3. The van der Waals surface area contributed by atoms with E-state index in [0.29, 0.717) is 45.0 Å². The first-order valence-electron chi connectivity index (χ1n) is 13.3. The highest BCUT2D eigenvalue weighted by Gasteiger charge is 2.28. The van der Waals surface area contributed by atoms with Crippen LogP contribution in [0.5, 0.6) is 5.75 Å². The molecule has 0 aromatic heterocycles. The van der Waals surface area contributed by atoms with Crippen molar-refractivity contribution < 1.29 is 27.5 Å². The highest BCUT2D eigenvalue weighted by atomic mass is 32.2. The Labute approximate surface area is 235 Å². The number of carbonyl (C=O) groups excluding carboxylic acids is 2. The van der Waals surface area contributed by atoms with E-state index in [2.05, 4.69) is 5.32 Å². The second-order valence-corrected chi connectivity index (χ2v) is 11.4. The first-order valence-corrected chi connectivity index (χ1v) is 14.7. The molecule has 0 unspecified atom stereocenters. The molecule has 10 heteroatoms. The van der Waals surface area contributed by atoms with Gasteiger partial charge in [0.05, 0.1) is 18.1 Å². The molecule has 4 rings (SSSR count). The van der Waals surface area contributed by atoms with Crippen molar-refractivity contribution in [2.75, 3.05) is 39.5 Å². The van der Waals surface area contributed by atoms with E-state index in [0.717, 1.165) is 11.1 Å². The Bertz CT molecular complexity index is 1350. The number of hydrogen-bond acceptors (Lipinski definition) is 6. The average Bonchev–Trinajstić information content (AvgIpc) is 3.00. The van der Waals surface area contributed by atoms with Gasteiger partial charge in [0.15, 0.2) is 6.61 Å². The minimum atomic E-state index is -3.63. The summed E-state index contributed by atoms with van der Waals surface area (Å²) in [5, 5.41) is 2.93. The van der Waals surface area contributed by atoms with Crippen LogP contribution >= 0.6 is 0 Å². The number of amides is 2. The van der Waals surface area contributed by atoms with Gasteiger partial charge >= 0.3 is 0 Å². The molecule has 0 aliphatic carbocycles. The fourth-order valence-corrected chi connectivity index (χ4v) is 5.76. The van der Waals surface area contributed by atoms with Crippen molar-refractivity contribution in [1.29, 1.82) is 0 Å². The summed E-state index contributed by atoms with van der Waals surface area (Å²) in [5.41, 5.74) is 2.00. The van der Waals surface area contributed by atoms with Gasteiger partial charge in [0.25, 0.3) is 5.91 Å². The second kappa shape index (κ2) is 14.1. The molecule has 0 bridgehead atoms. The fourth-order valence-electron chi connectivity index (χ4n) is 4.36. The van der Waals surface area contributed by atoms with Gasteiger partial charge < -0.3 is 19.7 Å². The van der Waals surface area contributed by atoms with Gasteiger partial charge in [-0.3, -0.25) is 9.59 Å². The lowest BCUT2D eigenvalue weighted by molar-refractivity contribution is -0.142. The standard InChI is InChI=1S/C30H35N3O6S/c1-24(30(35)31-17-16-25-8-4-2-5-9-25)33(22-26-10-6-3-7-11-26)29(34)23-39-27-12-14-28(15-13-27)40(36,37)32-18-20-38-21-19-32/h2-15,24H,16-23H2,1H3,(H,31,35)/t24-/m1/s1. The smallest absolute Gasteiger partial charge is 0.261 e. The molecule has 1 N–H and O–H groups in total. The zero-order valence-corrected chi connectivity index (χ0v) is 23.4. The van der Waals surface area contributed by atoms with Gasteiger partial charge in [0.2, 0.25) is 15.9 Å². The molecule has 2 amide bonds. The summed E-state index contributed by atoms with van der Waals surface area (Å²) in [6.45, 7) is 3.45. The predicted octanol–water partition coefficient (Wildman–Crippen LogP) is 2.86. The lowest BCUT2D eigenvalue weighted by Crippen LogP contribution is -2.49. The Morgan fingerprint density at radius 1 is 0.925 bits per heavy atom. The Balaban J connectivity index is 1.37. The number of sulfonamides is 1. The number of nitrogens with one attached hydrogen (secondary N) is 1. The number of morpholine rings is 1. The van der Waals surface area contributed by atoms with E-state index in [1.54, 1.807) is 6.92 Å². The van der Waals surface area contributed by atoms with Crippen molar-refractivity contribution in [3.63, 3.8) is 0 Å². The minimum absolute atomic E-state index is 0.152. The molecule has 9 nitrogen and oxygen atoms in total. The van der Waals surface area contributed by atoms with E-state index in [1.807, 2.05) is 60.7 Å². The first kappa shape index (κ1) is 29.3. The van der Waals surface area contributed by atoms with Crippen molar-refractivity contribution in [2.45, 2.75) is 30.8 Å². The molecule has 40 heavy (non-hydrogen) atoms. The molecule has 1 aliphatic rings. The van der Waals surface area contributed by atoms with Crippen molar-refractivity contribution in [2.24, 2.45) is 0 Å². The van der Waals surface area contributed by atoms with Crippen LogP contribution in [0.3, 0.4) is 0 Å². The van der Waals surface area contributed by atoms with Gasteiger partial charge in [-0.2, -0.15) is 4.31 Å². The van der Waals surface area contributed by atoms with Crippen molar-refractivity contribution >= 4 is 21.8 Å². The average molecular weight is 566 g/mol. The molecule has 3 aromatic rings. The molecule has 1 saturated heterocycles. The summed E-state index contributed by atoms with van der Waals surface area (Å²) in [7, 11) is -3.63. The molecule has 0 spiro atoms. The number of hydrogen-bond donors (Lipinski definition) is 1. The van der Waals surface area contributed by atoms with Gasteiger partial charge in [0.1, 0.15) is 11.8 Å². The van der Waals surface area contributed by atoms with Crippen LogP contribution in [0.25, 0.3) is 0 Å². The minimum Gasteiger partial charge on any atom is -0.484 e. The third kappa shape index (κ3) is 7.91. The van der Waals surface area contributed by atoms with E-state index in [1.165, 1.54) is 33.5 Å². The lowest BCUT2D eigenvalue weighted by Gasteiger charge is -2.29. The molecular formula is C30H35N3O6S. The largest absolute Gasteiger partial charge is 0.484 e. The fraction of sp³-hybridized carbons (Fsp3) is 0.333. The topological polar surface area (TPSA) is 105 Å². The van der Waals surface area contributed by atoms with E-state index in [9.17, 15) is 18.0 Å². The Kier molecular flexibility index (Phi) is 10.3. The van der Waals surface area contributed by atoms with Crippen molar-refractivity contribution in [3.8, 4) is 5.75 Å². The first-order chi connectivity index (χ1) is 19.3. The van der Waals surface area contributed by atoms with Crippen LogP contribution in [0.1, 0.15) is 18.1 Å². The Morgan fingerprint density at radius 2 is 1.52 bits per heavy atom. The van der Waals surface area contributed by atoms with Crippen LogP contribution in [-0.4, -0.2) is 74.9 Å². The maximum atomic E-state index is 13.3. The zero-order valence-electron chi connectivity index (χ0n) is 22.6. The normalized spacial score (nSPS) is 14.7. The van der Waals surface area contributed by atoms with Crippen molar-refractivity contribution in [1.82, 2.24) is 14.5 Å². The molecule has 0 saturated carbocycles. The summed E-state index contributed by atoms with van der Waals surface area (Å²) in [5.74, 6) is -0.258. The van der Waals surface area contributed by atoms with Crippen LogP contribution in [0.2, 0.25) is 0 Å². The Hall–Kier alpha value is -3.73.